The first-order chi connectivity index (χ1) is 15.6. The quantitative estimate of drug-likeness (QED) is 0.380. The van der Waals surface area contributed by atoms with Crippen LogP contribution in [-0.2, 0) is 13.1 Å². The minimum Gasteiger partial charge on any atom is -0.493 e. The Morgan fingerprint density at radius 3 is 2.50 bits per heavy atom. The van der Waals surface area contributed by atoms with Crippen LogP contribution in [0, 0.1) is 0 Å². The minimum atomic E-state index is -0.161. The molecule has 0 N–H and O–H groups in total. The second-order valence-electron chi connectivity index (χ2n) is 7.45. The average molecular weight is 451 g/mol. The van der Waals surface area contributed by atoms with Crippen molar-refractivity contribution in [2.24, 2.45) is 0 Å². The Hall–Kier alpha value is -3.23. The molecule has 0 saturated heterocycles. The topological polar surface area (TPSA) is 69.0 Å². The number of aromatic nitrogens is 3. The average Bonchev–Trinajstić information content (AvgIpc) is 3.24. The van der Waals surface area contributed by atoms with E-state index in [9.17, 15) is 4.79 Å². The summed E-state index contributed by atoms with van der Waals surface area (Å²) >= 11 is 1.42. The van der Waals surface area contributed by atoms with Crippen LogP contribution in [0.4, 0.5) is 0 Å². The van der Waals surface area contributed by atoms with Gasteiger partial charge >= 0.3 is 0 Å². The molecule has 7 nitrogen and oxygen atoms in total. The lowest BCUT2D eigenvalue weighted by atomic mass is 10.1. The first kappa shape index (κ1) is 22.0. The third-order valence-electron chi connectivity index (χ3n) is 5.10. The first-order valence-electron chi connectivity index (χ1n) is 10.5. The SMILES string of the molecule is CCCN(Cc1ccc(OC)c(OC)c1)Cc1cc(=O)n2nc(-c3ccccc3)sc2n1. The highest BCUT2D eigenvalue weighted by molar-refractivity contribution is 7.19. The summed E-state index contributed by atoms with van der Waals surface area (Å²) in [5.74, 6) is 1.41. The summed E-state index contributed by atoms with van der Waals surface area (Å²) in [5, 5.41) is 5.24. The molecule has 0 amide bonds. The molecular formula is C24H26N4O3S. The Morgan fingerprint density at radius 2 is 1.78 bits per heavy atom. The van der Waals surface area contributed by atoms with Gasteiger partial charge < -0.3 is 9.47 Å². The monoisotopic (exact) mass is 450 g/mol. The van der Waals surface area contributed by atoms with Gasteiger partial charge in [-0.25, -0.2) is 4.98 Å². The Balaban J connectivity index is 1.59. The molecule has 4 rings (SSSR count). The second kappa shape index (κ2) is 9.93. The summed E-state index contributed by atoms with van der Waals surface area (Å²) in [6.07, 6.45) is 0.993. The standard InChI is InChI=1S/C24H26N4O3S/c1-4-12-27(15-17-10-11-20(30-2)21(13-17)31-3)16-19-14-22(29)28-24(25-19)32-23(26-28)18-8-6-5-7-9-18/h5-11,13-14H,4,12,15-16H2,1-3H3. The predicted octanol–water partition coefficient (Wildman–Crippen LogP) is 4.25. The molecule has 0 spiro atoms. The zero-order chi connectivity index (χ0) is 22.5. The van der Waals surface area contributed by atoms with Crippen LogP contribution in [0.15, 0.2) is 59.4 Å². The number of fused-ring (bicyclic) bond motifs is 1. The number of methoxy groups -OCH3 is 2. The maximum absolute atomic E-state index is 12.7. The van der Waals surface area contributed by atoms with Gasteiger partial charge in [0.1, 0.15) is 5.01 Å². The molecule has 0 saturated carbocycles. The normalized spacial score (nSPS) is 11.2. The van der Waals surface area contributed by atoms with Crippen molar-refractivity contribution in [3.05, 3.63) is 76.2 Å². The fraction of sp³-hybridized carbons (Fsp3) is 0.292. The molecule has 2 aromatic heterocycles. The molecule has 0 aliphatic rings. The second-order valence-corrected chi connectivity index (χ2v) is 8.41. The van der Waals surface area contributed by atoms with Crippen LogP contribution in [0.5, 0.6) is 11.5 Å². The van der Waals surface area contributed by atoms with E-state index < -0.39 is 0 Å². The molecule has 0 unspecified atom stereocenters. The Bertz CT molecular complexity index is 1250. The molecule has 4 aromatic rings. The summed E-state index contributed by atoms with van der Waals surface area (Å²) < 4.78 is 12.2. The van der Waals surface area contributed by atoms with E-state index in [0.717, 1.165) is 34.8 Å². The van der Waals surface area contributed by atoms with Crippen molar-refractivity contribution in [3.63, 3.8) is 0 Å². The van der Waals surface area contributed by atoms with Crippen molar-refractivity contribution < 1.29 is 9.47 Å². The molecule has 0 bridgehead atoms. The van der Waals surface area contributed by atoms with E-state index in [1.165, 1.54) is 15.9 Å². The van der Waals surface area contributed by atoms with Crippen LogP contribution in [0.2, 0.25) is 0 Å². The van der Waals surface area contributed by atoms with Crippen molar-refractivity contribution in [1.82, 2.24) is 19.5 Å². The van der Waals surface area contributed by atoms with Crippen molar-refractivity contribution >= 4 is 16.3 Å². The van der Waals surface area contributed by atoms with E-state index >= 15 is 0 Å². The molecule has 32 heavy (non-hydrogen) atoms. The van der Waals surface area contributed by atoms with Gasteiger partial charge in [-0.1, -0.05) is 54.7 Å². The van der Waals surface area contributed by atoms with E-state index in [4.69, 9.17) is 14.5 Å². The molecule has 2 aromatic carbocycles. The maximum Gasteiger partial charge on any atom is 0.275 e. The molecular weight excluding hydrogens is 424 g/mol. The van der Waals surface area contributed by atoms with Crippen LogP contribution in [0.1, 0.15) is 24.6 Å². The van der Waals surface area contributed by atoms with Gasteiger partial charge in [-0.05, 0) is 30.7 Å². The number of hydrogen-bond donors (Lipinski definition) is 0. The Kier molecular flexibility index (Phi) is 6.82. The van der Waals surface area contributed by atoms with Gasteiger partial charge in [-0.3, -0.25) is 9.69 Å². The largest absolute Gasteiger partial charge is 0.493 e. The number of benzene rings is 2. The number of ether oxygens (including phenoxy) is 2. The van der Waals surface area contributed by atoms with Crippen LogP contribution in [0.25, 0.3) is 15.5 Å². The zero-order valence-corrected chi connectivity index (χ0v) is 19.3. The summed E-state index contributed by atoms with van der Waals surface area (Å²) in [4.78, 5) is 20.3. The molecule has 0 fully saturated rings. The van der Waals surface area contributed by atoms with Gasteiger partial charge in [-0.2, -0.15) is 9.61 Å². The predicted molar refractivity (Wildman–Crippen MR) is 127 cm³/mol. The van der Waals surface area contributed by atoms with Crippen molar-refractivity contribution in [2.45, 2.75) is 26.4 Å². The molecule has 2 heterocycles. The van der Waals surface area contributed by atoms with Crippen LogP contribution in [-0.4, -0.2) is 40.3 Å². The lowest BCUT2D eigenvalue weighted by molar-refractivity contribution is 0.253. The summed E-state index contributed by atoms with van der Waals surface area (Å²) in [5.41, 5.74) is 2.67. The third kappa shape index (κ3) is 4.81. The summed E-state index contributed by atoms with van der Waals surface area (Å²) in [6.45, 7) is 4.31. The van der Waals surface area contributed by atoms with Gasteiger partial charge in [0.15, 0.2) is 11.5 Å². The maximum atomic E-state index is 12.7. The number of nitrogens with zero attached hydrogens (tertiary/aromatic N) is 4. The highest BCUT2D eigenvalue weighted by Gasteiger charge is 2.14. The van der Waals surface area contributed by atoms with E-state index in [0.29, 0.717) is 29.5 Å². The van der Waals surface area contributed by atoms with E-state index in [1.54, 1.807) is 20.3 Å². The van der Waals surface area contributed by atoms with E-state index in [-0.39, 0.29) is 5.56 Å². The summed E-state index contributed by atoms with van der Waals surface area (Å²) in [7, 11) is 3.26. The molecule has 166 valence electrons. The van der Waals surface area contributed by atoms with Gasteiger partial charge in [0, 0.05) is 24.7 Å². The highest BCUT2D eigenvalue weighted by Crippen LogP contribution is 2.28. The minimum absolute atomic E-state index is 0.161. The number of rotatable bonds is 9. The highest BCUT2D eigenvalue weighted by atomic mass is 32.1. The fourth-order valence-corrected chi connectivity index (χ4v) is 4.56. The molecule has 0 atom stereocenters. The Labute approximate surface area is 190 Å². The fourth-order valence-electron chi connectivity index (χ4n) is 3.63. The molecule has 8 heteroatoms. The van der Waals surface area contributed by atoms with E-state index in [2.05, 4.69) is 16.9 Å². The van der Waals surface area contributed by atoms with Gasteiger partial charge in [-0.15, -0.1) is 0 Å². The van der Waals surface area contributed by atoms with Crippen LogP contribution < -0.4 is 15.0 Å². The zero-order valence-electron chi connectivity index (χ0n) is 18.4. The number of hydrogen-bond acceptors (Lipinski definition) is 7. The van der Waals surface area contributed by atoms with Gasteiger partial charge in [0.05, 0.1) is 19.9 Å². The van der Waals surface area contributed by atoms with E-state index in [1.807, 2.05) is 48.5 Å². The molecule has 0 aliphatic carbocycles. The first-order valence-corrected chi connectivity index (χ1v) is 11.3. The van der Waals surface area contributed by atoms with Gasteiger partial charge in [0.2, 0.25) is 4.96 Å². The molecule has 0 radical (unpaired) electrons. The third-order valence-corrected chi connectivity index (χ3v) is 6.06. The van der Waals surface area contributed by atoms with Crippen LogP contribution >= 0.6 is 11.3 Å². The van der Waals surface area contributed by atoms with Crippen molar-refractivity contribution in [1.29, 1.82) is 0 Å². The van der Waals surface area contributed by atoms with Crippen molar-refractivity contribution in [3.8, 4) is 22.1 Å². The lowest BCUT2D eigenvalue weighted by Gasteiger charge is -2.22. The van der Waals surface area contributed by atoms with Crippen molar-refractivity contribution in [2.75, 3.05) is 20.8 Å². The Morgan fingerprint density at radius 1 is 1.00 bits per heavy atom. The summed E-state index contributed by atoms with van der Waals surface area (Å²) in [6, 6.07) is 17.4. The molecule has 0 aliphatic heterocycles. The van der Waals surface area contributed by atoms with Gasteiger partial charge in [0.25, 0.3) is 5.56 Å². The smallest absolute Gasteiger partial charge is 0.275 e. The van der Waals surface area contributed by atoms with Crippen LogP contribution in [0.3, 0.4) is 0 Å². The lowest BCUT2D eigenvalue weighted by Crippen LogP contribution is -2.26.